The van der Waals surface area contributed by atoms with Crippen molar-refractivity contribution in [3.63, 3.8) is 0 Å². The molecule has 0 fully saturated rings. The average Bonchev–Trinajstić information content (AvgIpc) is 3.06. The Kier molecular flexibility index (Phi) is 6.67. The number of hydrogen-bond donors (Lipinski definition) is 0. The molecule has 0 saturated heterocycles. The van der Waals surface area contributed by atoms with Crippen molar-refractivity contribution in [2.75, 3.05) is 7.11 Å². The van der Waals surface area contributed by atoms with Gasteiger partial charge in [-0.15, -0.1) is 0 Å². The minimum Gasteiger partial charge on any atom is -0.493 e. The first-order chi connectivity index (χ1) is 15.2. The zero-order chi connectivity index (χ0) is 23.4. The van der Waals surface area contributed by atoms with Crippen molar-refractivity contribution in [2.24, 2.45) is 0 Å². The van der Waals surface area contributed by atoms with E-state index in [1.807, 2.05) is 30.3 Å². The van der Waals surface area contributed by atoms with Gasteiger partial charge in [0.2, 0.25) is 0 Å². The zero-order valence-corrected chi connectivity index (χ0v) is 17.4. The molecule has 3 aromatic rings. The lowest BCUT2D eigenvalue weighted by atomic mass is 10.1. The maximum atomic E-state index is 12.8. The third kappa shape index (κ3) is 4.66. The van der Waals surface area contributed by atoms with Crippen molar-refractivity contribution >= 4 is 11.7 Å². The second-order valence-corrected chi connectivity index (χ2v) is 6.64. The maximum Gasteiger partial charge on any atom is 0.387 e. The molecule has 0 N–H and O–H groups in total. The quantitative estimate of drug-likeness (QED) is 0.287. The molecular weight excluding hydrogens is 428 g/mol. The lowest BCUT2D eigenvalue weighted by molar-refractivity contribution is -0.386. The molecule has 3 rings (SSSR count). The molecule has 11 heteroatoms. The van der Waals surface area contributed by atoms with E-state index in [9.17, 15) is 23.7 Å². The number of aromatic nitrogens is 2. The third-order valence-corrected chi connectivity index (χ3v) is 4.63. The van der Waals surface area contributed by atoms with Gasteiger partial charge in [0, 0.05) is 0 Å². The van der Waals surface area contributed by atoms with Gasteiger partial charge in [-0.05, 0) is 32.0 Å². The summed E-state index contributed by atoms with van der Waals surface area (Å²) in [6.07, 6.45) is 0. The number of hydrogen-bond acceptors (Lipinski definition) is 7. The number of benzene rings is 2. The van der Waals surface area contributed by atoms with Gasteiger partial charge in [-0.1, -0.05) is 18.2 Å². The average molecular weight is 447 g/mol. The summed E-state index contributed by atoms with van der Waals surface area (Å²) in [5, 5.41) is 15.8. The molecule has 0 aliphatic heterocycles. The Hall–Kier alpha value is -4.02. The SMILES string of the molecule is COc1cc(COC(=O)c2c(C)nn(-c3ccccc3)c2C)c([N+](=O)[O-])cc1OC(F)F. The smallest absolute Gasteiger partial charge is 0.387 e. The summed E-state index contributed by atoms with van der Waals surface area (Å²) in [5.74, 6) is -1.39. The standard InChI is InChI=1S/C21H19F2N3O6/c1-12-19(13(2)25(24-12)15-7-5-4-6-8-15)20(27)31-11-14-9-17(30-3)18(32-21(22)23)10-16(14)26(28)29/h4-10,21H,11H2,1-3H3. The molecule has 0 amide bonds. The number of aryl methyl sites for hydroxylation is 1. The number of carbonyl (C=O) groups is 1. The molecular formula is C21H19F2N3O6. The largest absolute Gasteiger partial charge is 0.493 e. The van der Waals surface area contributed by atoms with Gasteiger partial charge in [-0.2, -0.15) is 13.9 Å². The first-order valence-corrected chi connectivity index (χ1v) is 9.31. The summed E-state index contributed by atoms with van der Waals surface area (Å²) in [5.41, 5.74) is 1.33. The van der Waals surface area contributed by atoms with E-state index in [1.54, 1.807) is 18.5 Å². The fraction of sp³-hybridized carbons (Fsp3) is 0.238. The molecule has 2 aromatic carbocycles. The lowest BCUT2D eigenvalue weighted by Gasteiger charge is -2.12. The molecule has 0 aliphatic rings. The normalized spacial score (nSPS) is 10.8. The molecule has 0 aliphatic carbocycles. The van der Waals surface area contributed by atoms with Crippen LogP contribution in [0, 0.1) is 24.0 Å². The van der Waals surface area contributed by atoms with E-state index in [1.165, 1.54) is 7.11 Å². The zero-order valence-electron chi connectivity index (χ0n) is 17.4. The number of nitrogens with zero attached hydrogens (tertiary/aromatic N) is 3. The molecule has 0 unspecified atom stereocenters. The topological polar surface area (TPSA) is 106 Å². The Bertz CT molecular complexity index is 1150. The van der Waals surface area contributed by atoms with Gasteiger partial charge in [0.25, 0.3) is 5.69 Å². The van der Waals surface area contributed by atoms with Crippen LogP contribution < -0.4 is 9.47 Å². The summed E-state index contributed by atoms with van der Waals surface area (Å²) in [7, 11) is 1.19. The number of halogens is 2. The van der Waals surface area contributed by atoms with Crippen molar-refractivity contribution < 1.29 is 32.7 Å². The highest BCUT2D eigenvalue weighted by Crippen LogP contribution is 2.36. The number of esters is 1. The van der Waals surface area contributed by atoms with Crippen LogP contribution in [-0.4, -0.2) is 34.4 Å². The fourth-order valence-corrected chi connectivity index (χ4v) is 3.20. The van der Waals surface area contributed by atoms with E-state index in [-0.39, 0.29) is 16.9 Å². The number of para-hydroxylation sites is 1. The van der Waals surface area contributed by atoms with Crippen molar-refractivity contribution in [2.45, 2.75) is 27.1 Å². The van der Waals surface area contributed by atoms with Gasteiger partial charge in [0.1, 0.15) is 12.2 Å². The number of carbonyl (C=O) groups excluding carboxylic acids is 1. The molecule has 0 spiro atoms. The second-order valence-electron chi connectivity index (χ2n) is 6.64. The first-order valence-electron chi connectivity index (χ1n) is 9.31. The molecule has 0 saturated carbocycles. The molecule has 0 bridgehead atoms. The summed E-state index contributed by atoms with van der Waals surface area (Å²) >= 11 is 0. The molecule has 0 radical (unpaired) electrons. The third-order valence-electron chi connectivity index (χ3n) is 4.63. The highest BCUT2D eigenvalue weighted by molar-refractivity contribution is 5.92. The monoisotopic (exact) mass is 447 g/mol. The van der Waals surface area contributed by atoms with E-state index in [0.717, 1.165) is 17.8 Å². The summed E-state index contributed by atoms with van der Waals surface area (Å²) in [4.78, 5) is 23.4. The van der Waals surface area contributed by atoms with Crippen LogP contribution in [0.5, 0.6) is 11.5 Å². The van der Waals surface area contributed by atoms with E-state index in [2.05, 4.69) is 9.84 Å². The first kappa shape index (κ1) is 22.7. The minimum atomic E-state index is -3.20. The van der Waals surface area contributed by atoms with E-state index in [0.29, 0.717) is 11.4 Å². The van der Waals surface area contributed by atoms with Crippen LogP contribution in [0.15, 0.2) is 42.5 Å². The minimum absolute atomic E-state index is 0.0485. The van der Waals surface area contributed by atoms with Crippen molar-refractivity contribution in [1.82, 2.24) is 9.78 Å². The van der Waals surface area contributed by atoms with Crippen LogP contribution in [0.2, 0.25) is 0 Å². The van der Waals surface area contributed by atoms with E-state index in [4.69, 9.17) is 9.47 Å². The Morgan fingerprint density at radius 3 is 2.47 bits per heavy atom. The Morgan fingerprint density at radius 2 is 1.88 bits per heavy atom. The Balaban J connectivity index is 1.88. The van der Waals surface area contributed by atoms with Crippen molar-refractivity contribution in [1.29, 1.82) is 0 Å². The van der Waals surface area contributed by atoms with Gasteiger partial charge in [0.05, 0.1) is 40.7 Å². The van der Waals surface area contributed by atoms with Gasteiger partial charge >= 0.3 is 12.6 Å². The number of nitro benzene ring substituents is 1. The van der Waals surface area contributed by atoms with Gasteiger partial charge in [-0.3, -0.25) is 10.1 Å². The van der Waals surface area contributed by atoms with Crippen LogP contribution in [-0.2, 0) is 11.3 Å². The predicted octanol–water partition coefficient (Wildman–Crippen LogP) is 4.36. The van der Waals surface area contributed by atoms with Gasteiger partial charge < -0.3 is 14.2 Å². The maximum absolute atomic E-state index is 12.8. The van der Waals surface area contributed by atoms with Crippen LogP contribution in [0.4, 0.5) is 14.5 Å². The summed E-state index contributed by atoms with van der Waals surface area (Å²) in [6, 6.07) is 11.1. The fourth-order valence-electron chi connectivity index (χ4n) is 3.20. The van der Waals surface area contributed by atoms with Crippen LogP contribution >= 0.6 is 0 Å². The summed E-state index contributed by atoms with van der Waals surface area (Å²) in [6.45, 7) is -0.342. The molecule has 32 heavy (non-hydrogen) atoms. The molecule has 168 valence electrons. The van der Waals surface area contributed by atoms with Crippen LogP contribution in [0.3, 0.4) is 0 Å². The second kappa shape index (κ2) is 9.41. The highest BCUT2D eigenvalue weighted by Gasteiger charge is 2.25. The number of alkyl halides is 2. The van der Waals surface area contributed by atoms with Crippen molar-refractivity contribution in [3.05, 3.63) is 75.1 Å². The van der Waals surface area contributed by atoms with Crippen LogP contribution in [0.1, 0.15) is 27.3 Å². The number of nitro groups is 1. The van der Waals surface area contributed by atoms with Crippen LogP contribution in [0.25, 0.3) is 5.69 Å². The predicted molar refractivity (Wildman–Crippen MR) is 108 cm³/mol. The highest BCUT2D eigenvalue weighted by atomic mass is 19.3. The molecule has 0 atom stereocenters. The van der Waals surface area contributed by atoms with Gasteiger partial charge in [0.15, 0.2) is 11.5 Å². The number of ether oxygens (including phenoxy) is 3. The Morgan fingerprint density at radius 1 is 1.19 bits per heavy atom. The van der Waals surface area contributed by atoms with Crippen molar-refractivity contribution in [3.8, 4) is 17.2 Å². The molecule has 1 aromatic heterocycles. The number of rotatable bonds is 8. The molecule has 1 heterocycles. The molecule has 9 nitrogen and oxygen atoms in total. The summed E-state index contributed by atoms with van der Waals surface area (Å²) < 4.78 is 41.3. The van der Waals surface area contributed by atoms with E-state index >= 15 is 0 Å². The van der Waals surface area contributed by atoms with Gasteiger partial charge in [-0.25, -0.2) is 9.48 Å². The lowest BCUT2D eigenvalue weighted by Crippen LogP contribution is -2.10. The van der Waals surface area contributed by atoms with E-state index < -0.39 is 35.5 Å². The number of methoxy groups -OCH3 is 1. The Labute approximate surface area is 181 Å².